The van der Waals surface area contributed by atoms with Crippen LogP contribution in [0.25, 0.3) is 0 Å². The van der Waals surface area contributed by atoms with Crippen LogP contribution in [0.2, 0.25) is 0 Å². The average Bonchev–Trinajstić information content (AvgIpc) is 3.23. The topological polar surface area (TPSA) is 106 Å². The molecule has 8 nitrogen and oxygen atoms in total. The standard InChI is InChI=1S/C23H23BrN4O4S/c1-3-12-28-21(19(13-29)25-22(31)16-6-10-18(32-2)11-7-16)26-27-23(28)33-14-20(30)15-4-8-17(24)9-5-15/h3-11,19,29H,1,12-14H2,2H3,(H,25,31). The van der Waals surface area contributed by atoms with Crippen molar-refractivity contribution in [3.63, 3.8) is 0 Å². The number of ketones is 1. The van der Waals surface area contributed by atoms with E-state index in [0.29, 0.717) is 34.4 Å². The Hall–Kier alpha value is -2.95. The van der Waals surface area contributed by atoms with Crippen LogP contribution in [0, 0.1) is 0 Å². The lowest BCUT2D eigenvalue weighted by atomic mass is 10.2. The second kappa shape index (κ2) is 11.8. The number of thioether (sulfide) groups is 1. The number of halogens is 1. The number of Topliss-reactive ketones (excluding diaryl/α,β-unsaturated/α-hetero) is 1. The molecule has 1 atom stereocenters. The fourth-order valence-electron chi connectivity index (χ4n) is 2.99. The molecule has 33 heavy (non-hydrogen) atoms. The summed E-state index contributed by atoms with van der Waals surface area (Å²) in [6.45, 7) is 3.74. The Kier molecular flexibility index (Phi) is 8.81. The first kappa shape index (κ1) is 24.7. The van der Waals surface area contributed by atoms with Crippen LogP contribution in [0.4, 0.5) is 0 Å². The Bertz CT molecular complexity index is 1120. The number of ether oxygens (including phenoxy) is 1. The maximum atomic E-state index is 12.7. The number of amides is 1. The van der Waals surface area contributed by atoms with Crippen LogP contribution in [0.1, 0.15) is 32.6 Å². The van der Waals surface area contributed by atoms with E-state index in [4.69, 9.17) is 4.74 Å². The number of methoxy groups -OCH3 is 1. The summed E-state index contributed by atoms with van der Waals surface area (Å²) in [4.78, 5) is 25.2. The molecular weight excluding hydrogens is 508 g/mol. The number of nitrogens with one attached hydrogen (secondary N) is 1. The minimum Gasteiger partial charge on any atom is -0.497 e. The van der Waals surface area contributed by atoms with Crippen molar-refractivity contribution in [3.05, 3.63) is 82.6 Å². The second-order valence-corrected chi connectivity index (χ2v) is 8.75. The van der Waals surface area contributed by atoms with Crippen molar-refractivity contribution in [2.45, 2.75) is 17.7 Å². The van der Waals surface area contributed by atoms with Gasteiger partial charge in [0.1, 0.15) is 11.8 Å². The smallest absolute Gasteiger partial charge is 0.251 e. The molecule has 0 saturated carbocycles. The second-order valence-electron chi connectivity index (χ2n) is 6.90. The van der Waals surface area contributed by atoms with E-state index < -0.39 is 6.04 Å². The number of allylic oxidation sites excluding steroid dienone is 1. The van der Waals surface area contributed by atoms with Crippen LogP contribution in [0.5, 0.6) is 5.75 Å². The van der Waals surface area contributed by atoms with Crippen molar-refractivity contribution in [2.75, 3.05) is 19.5 Å². The molecule has 0 aliphatic heterocycles. The van der Waals surface area contributed by atoms with E-state index in [0.717, 1.165) is 4.47 Å². The summed E-state index contributed by atoms with van der Waals surface area (Å²) in [6.07, 6.45) is 1.66. The Balaban J connectivity index is 1.74. The lowest BCUT2D eigenvalue weighted by molar-refractivity contribution is 0.0911. The van der Waals surface area contributed by atoms with Crippen LogP contribution in [0.3, 0.4) is 0 Å². The first-order valence-corrected chi connectivity index (χ1v) is 11.8. The summed E-state index contributed by atoms with van der Waals surface area (Å²) < 4.78 is 7.73. The first-order valence-electron chi connectivity index (χ1n) is 9.98. The lowest BCUT2D eigenvalue weighted by Crippen LogP contribution is -2.33. The highest BCUT2D eigenvalue weighted by Gasteiger charge is 2.23. The normalized spacial score (nSPS) is 11.6. The fraction of sp³-hybridized carbons (Fsp3) is 0.217. The van der Waals surface area contributed by atoms with Crippen molar-refractivity contribution < 1.29 is 19.4 Å². The first-order chi connectivity index (χ1) is 16.0. The summed E-state index contributed by atoms with van der Waals surface area (Å²) in [5, 5.41) is 21.6. The number of carbonyl (C=O) groups is 2. The predicted octanol–water partition coefficient (Wildman–Crippen LogP) is 3.67. The van der Waals surface area contributed by atoms with Crippen molar-refractivity contribution in [1.29, 1.82) is 0 Å². The van der Waals surface area contributed by atoms with Gasteiger partial charge in [-0.25, -0.2) is 0 Å². The molecule has 10 heteroatoms. The van der Waals surface area contributed by atoms with E-state index in [1.807, 2.05) is 12.1 Å². The highest BCUT2D eigenvalue weighted by atomic mass is 79.9. The van der Waals surface area contributed by atoms with Crippen molar-refractivity contribution in [1.82, 2.24) is 20.1 Å². The molecule has 1 amide bonds. The van der Waals surface area contributed by atoms with Gasteiger partial charge in [-0.05, 0) is 36.4 Å². The molecule has 3 rings (SSSR count). The highest BCUT2D eigenvalue weighted by molar-refractivity contribution is 9.10. The average molecular weight is 531 g/mol. The third-order valence-electron chi connectivity index (χ3n) is 4.71. The number of carbonyl (C=O) groups excluding carboxylic acids is 2. The summed E-state index contributed by atoms with van der Waals surface area (Å²) in [5.41, 5.74) is 1.01. The number of hydrogen-bond acceptors (Lipinski definition) is 7. The van der Waals surface area contributed by atoms with Gasteiger partial charge >= 0.3 is 0 Å². The predicted molar refractivity (Wildman–Crippen MR) is 130 cm³/mol. The maximum absolute atomic E-state index is 12.7. The van der Waals surface area contributed by atoms with Crippen LogP contribution in [-0.4, -0.2) is 51.0 Å². The molecule has 0 aliphatic rings. The summed E-state index contributed by atoms with van der Waals surface area (Å²) in [6, 6.07) is 13.0. The minimum absolute atomic E-state index is 0.0475. The highest BCUT2D eigenvalue weighted by Crippen LogP contribution is 2.23. The quantitative estimate of drug-likeness (QED) is 0.221. The molecule has 2 N–H and O–H groups in total. The molecule has 2 aromatic carbocycles. The Morgan fingerprint density at radius 1 is 1.18 bits per heavy atom. The number of aliphatic hydroxyl groups is 1. The third kappa shape index (κ3) is 6.31. The lowest BCUT2D eigenvalue weighted by Gasteiger charge is -2.17. The third-order valence-corrected chi connectivity index (χ3v) is 6.20. The molecule has 1 unspecified atom stereocenters. The Morgan fingerprint density at radius 2 is 1.85 bits per heavy atom. The number of aromatic nitrogens is 3. The van der Waals surface area contributed by atoms with Gasteiger partial charge in [0.25, 0.3) is 5.91 Å². The van der Waals surface area contributed by atoms with Gasteiger partial charge in [-0.15, -0.1) is 16.8 Å². The van der Waals surface area contributed by atoms with E-state index in [9.17, 15) is 14.7 Å². The Labute approximate surface area is 204 Å². The van der Waals surface area contributed by atoms with E-state index >= 15 is 0 Å². The van der Waals surface area contributed by atoms with Crippen LogP contribution in [0.15, 0.2) is 70.8 Å². The molecule has 172 valence electrons. The van der Waals surface area contributed by atoms with Gasteiger partial charge in [-0.3, -0.25) is 9.59 Å². The van der Waals surface area contributed by atoms with Crippen molar-refractivity contribution >= 4 is 39.4 Å². The largest absolute Gasteiger partial charge is 0.497 e. The number of rotatable bonds is 11. The van der Waals surface area contributed by atoms with Crippen molar-refractivity contribution in [3.8, 4) is 5.75 Å². The van der Waals surface area contributed by atoms with E-state index in [-0.39, 0.29) is 24.1 Å². The molecule has 0 saturated heterocycles. The molecule has 0 fully saturated rings. The molecule has 0 spiro atoms. The SMILES string of the molecule is C=CCn1c(SCC(=O)c2ccc(Br)cc2)nnc1C(CO)NC(=O)c1ccc(OC)cc1. The monoisotopic (exact) mass is 530 g/mol. The van der Waals surface area contributed by atoms with Gasteiger partial charge in [0.05, 0.1) is 19.5 Å². The minimum atomic E-state index is -0.788. The van der Waals surface area contributed by atoms with Crippen LogP contribution < -0.4 is 10.1 Å². The van der Waals surface area contributed by atoms with Gasteiger partial charge in [-0.1, -0.05) is 45.9 Å². The van der Waals surface area contributed by atoms with Crippen LogP contribution >= 0.6 is 27.7 Å². The van der Waals surface area contributed by atoms with Gasteiger partial charge < -0.3 is 19.7 Å². The number of benzene rings is 2. The van der Waals surface area contributed by atoms with E-state index in [2.05, 4.69) is 38.0 Å². The molecule has 0 aliphatic carbocycles. The Morgan fingerprint density at radius 3 is 2.45 bits per heavy atom. The summed E-state index contributed by atoms with van der Waals surface area (Å²) in [7, 11) is 1.55. The zero-order valence-corrected chi connectivity index (χ0v) is 20.3. The number of hydrogen-bond donors (Lipinski definition) is 2. The molecular formula is C23H23BrN4O4S. The fourth-order valence-corrected chi connectivity index (χ4v) is 4.10. The van der Waals surface area contributed by atoms with Gasteiger partial charge in [0.15, 0.2) is 16.8 Å². The maximum Gasteiger partial charge on any atom is 0.251 e. The number of nitrogens with zero attached hydrogens (tertiary/aromatic N) is 3. The number of aliphatic hydroxyl groups excluding tert-OH is 1. The molecule has 1 aromatic heterocycles. The van der Waals surface area contributed by atoms with Gasteiger partial charge in [0, 0.05) is 22.1 Å². The van der Waals surface area contributed by atoms with E-state index in [1.165, 1.54) is 11.8 Å². The van der Waals surface area contributed by atoms with Crippen molar-refractivity contribution in [2.24, 2.45) is 0 Å². The molecule has 0 bridgehead atoms. The molecule has 3 aromatic rings. The summed E-state index contributed by atoms with van der Waals surface area (Å²) >= 11 is 4.59. The van der Waals surface area contributed by atoms with Gasteiger partial charge in [0.2, 0.25) is 0 Å². The zero-order chi connectivity index (χ0) is 23.8. The zero-order valence-electron chi connectivity index (χ0n) is 17.9. The summed E-state index contributed by atoms with van der Waals surface area (Å²) in [5.74, 6) is 0.755. The molecule has 0 radical (unpaired) electrons. The molecule has 1 heterocycles. The van der Waals surface area contributed by atoms with E-state index in [1.54, 1.807) is 54.2 Å². The van der Waals surface area contributed by atoms with Gasteiger partial charge in [-0.2, -0.15) is 0 Å². The van der Waals surface area contributed by atoms with Crippen LogP contribution in [-0.2, 0) is 6.54 Å².